The second kappa shape index (κ2) is 5.48. The Balaban J connectivity index is 2.13. The molecule has 0 radical (unpaired) electrons. The molecule has 3 aromatic carbocycles. The number of carboxylic acids is 1. The van der Waals surface area contributed by atoms with Gasteiger partial charge in [-0.25, -0.2) is 9.18 Å². The fraction of sp³-hybridized carbons (Fsp3) is 0.0556. The van der Waals surface area contributed by atoms with Gasteiger partial charge in [0.1, 0.15) is 0 Å². The number of hydrogen-bond acceptors (Lipinski definition) is 2. The van der Waals surface area contributed by atoms with Crippen molar-refractivity contribution < 1.29 is 19.0 Å². The number of carbonyl (C=O) groups is 1. The maximum atomic E-state index is 14.3. The molecule has 0 aliphatic rings. The number of methoxy groups -OCH3 is 1. The summed E-state index contributed by atoms with van der Waals surface area (Å²) in [4.78, 5) is 11.0. The Morgan fingerprint density at radius 2 is 1.77 bits per heavy atom. The first-order chi connectivity index (χ1) is 10.6. The third-order valence-electron chi connectivity index (χ3n) is 3.58. The van der Waals surface area contributed by atoms with Crippen molar-refractivity contribution in [2.45, 2.75) is 0 Å². The summed E-state index contributed by atoms with van der Waals surface area (Å²) < 4.78 is 19.3. The highest BCUT2D eigenvalue weighted by Crippen LogP contribution is 2.31. The van der Waals surface area contributed by atoms with Gasteiger partial charge in [-0.3, -0.25) is 0 Å². The van der Waals surface area contributed by atoms with Gasteiger partial charge in [0.25, 0.3) is 0 Å². The summed E-state index contributed by atoms with van der Waals surface area (Å²) in [5.74, 6) is -1.19. The molecule has 0 aromatic heterocycles. The molecule has 0 atom stereocenters. The maximum Gasteiger partial charge on any atom is 0.335 e. The smallest absolute Gasteiger partial charge is 0.335 e. The van der Waals surface area contributed by atoms with Gasteiger partial charge in [-0.2, -0.15) is 0 Å². The molecule has 0 fully saturated rings. The first-order valence-electron chi connectivity index (χ1n) is 6.70. The van der Waals surface area contributed by atoms with Gasteiger partial charge in [-0.05, 0) is 40.6 Å². The third-order valence-corrected chi connectivity index (χ3v) is 3.58. The molecule has 0 saturated carbocycles. The minimum Gasteiger partial charge on any atom is -0.494 e. The summed E-state index contributed by atoms with van der Waals surface area (Å²) in [6.07, 6.45) is 0. The molecule has 110 valence electrons. The molecule has 0 saturated heterocycles. The van der Waals surface area contributed by atoms with E-state index in [-0.39, 0.29) is 11.3 Å². The summed E-state index contributed by atoms with van der Waals surface area (Å²) in [5.41, 5.74) is 1.39. The van der Waals surface area contributed by atoms with Gasteiger partial charge in [0.05, 0.1) is 12.7 Å². The van der Waals surface area contributed by atoms with Crippen LogP contribution in [-0.4, -0.2) is 18.2 Å². The van der Waals surface area contributed by atoms with Crippen LogP contribution in [-0.2, 0) is 0 Å². The largest absolute Gasteiger partial charge is 0.494 e. The van der Waals surface area contributed by atoms with Crippen LogP contribution in [0.3, 0.4) is 0 Å². The summed E-state index contributed by atoms with van der Waals surface area (Å²) in [6, 6.07) is 15.2. The lowest BCUT2D eigenvalue weighted by Crippen LogP contribution is -1.95. The van der Waals surface area contributed by atoms with Crippen molar-refractivity contribution in [3.63, 3.8) is 0 Å². The molecular weight excluding hydrogens is 283 g/mol. The summed E-state index contributed by atoms with van der Waals surface area (Å²) >= 11 is 0. The van der Waals surface area contributed by atoms with E-state index in [9.17, 15) is 9.18 Å². The highest BCUT2D eigenvalue weighted by atomic mass is 19.1. The predicted octanol–water partition coefficient (Wildman–Crippen LogP) is 4.35. The van der Waals surface area contributed by atoms with Crippen molar-refractivity contribution in [2.24, 2.45) is 0 Å². The Bertz CT molecular complexity index is 871. The van der Waals surface area contributed by atoms with E-state index in [4.69, 9.17) is 9.84 Å². The molecule has 1 N–H and O–H groups in total. The first kappa shape index (κ1) is 14.1. The van der Waals surface area contributed by atoms with Gasteiger partial charge in [0, 0.05) is 5.56 Å². The molecule has 4 heteroatoms. The zero-order valence-corrected chi connectivity index (χ0v) is 11.8. The Hall–Kier alpha value is -2.88. The van der Waals surface area contributed by atoms with Gasteiger partial charge in [0.15, 0.2) is 11.6 Å². The molecule has 22 heavy (non-hydrogen) atoms. The van der Waals surface area contributed by atoms with Crippen LogP contribution in [0.25, 0.3) is 21.9 Å². The zero-order valence-electron chi connectivity index (χ0n) is 11.8. The molecule has 0 amide bonds. The molecule has 3 aromatic rings. The van der Waals surface area contributed by atoms with Crippen molar-refractivity contribution in [3.8, 4) is 16.9 Å². The Morgan fingerprint density at radius 1 is 1.05 bits per heavy atom. The lowest BCUT2D eigenvalue weighted by atomic mass is 9.99. The Morgan fingerprint density at radius 3 is 2.50 bits per heavy atom. The number of fused-ring (bicyclic) bond motifs is 1. The van der Waals surface area contributed by atoms with E-state index in [2.05, 4.69) is 0 Å². The topological polar surface area (TPSA) is 46.5 Å². The fourth-order valence-electron chi connectivity index (χ4n) is 2.44. The van der Waals surface area contributed by atoms with Gasteiger partial charge in [0.2, 0.25) is 0 Å². The minimum atomic E-state index is -0.968. The summed E-state index contributed by atoms with van der Waals surface area (Å²) in [7, 11) is 1.43. The first-order valence-corrected chi connectivity index (χ1v) is 6.70. The van der Waals surface area contributed by atoms with Crippen LogP contribution in [0.1, 0.15) is 10.4 Å². The normalized spacial score (nSPS) is 10.6. The van der Waals surface area contributed by atoms with Crippen LogP contribution >= 0.6 is 0 Å². The van der Waals surface area contributed by atoms with Crippen molar-refractivity contribution in [2.75, 3.05) is 7.11 Å². The predicted molar refractivity (Wildman–Crippen MR) is 82.9 cm³/mol. The van der Waals surface area contributed by atoms with Gasteiger partial charge >= 0.3 is 5.97 Å². The van der Waals surface area contributed by atoms with Crippen LogP contribution < -0.4 is 4.74 Å². The van der Waals surface area contributed by atoms with E-state index in [1.807, 2.05) is 6.07 Å². The molecule has 0 aliphatic carbocycles. The second-order valence-electron chi connectivity index (χ2n) is 4.90. The zero-order chi connectivity index (χ0) is 15.7. The molecule has 3 rings (SSSR count). The SMILES string of the molecule is COc1cccc(-c2ccc3cc(C(=O)O)ccc3c2)c1F. The van der Waals surface area contributed by atoms with Crippen molar-refractivity contribution in [1.82, 2.24) is 0 Å². The summed E-state index contributed by atoms with van der Waals surface area (Å²) in [5, 5.41) is 10.7. The second-order valence-corrected chi connectivity index (χ2v) is 4.90. The highest BCUT2D eigenvalue weighted by Gasteiger charge is 2.11. The molecule has 0 heterocycles. The minimum absolute atomic E-state index is 0.193. The number of halogens is 1. The Labute approximate surface area is 126 Å². The molecule has 0 spiro atoms. The van der Waals surface area contributed by atoms with Gasteiger partial charge < -0.3 is 9.84 Å². The average molecular weight is 296 g/mol. The average Bonchev–Trinajstić information content (AvgIpc) is 2.54. The number of hydrogen-bond donors (Lipinski definition) is 1. The lowest BCUT2D eigenvalue weighted by Gasteiger charge is -2.09. The van der Waals surface area contributed by atoms with E-state index >= 15 is 0 Å². The molecule has 0 bridgehead atoms. The Kier molecular flexibility index (Phi) is 3.51. The van der Waals surface area contributed by atoms with Crippen LogP contribution in [0.4, 0.5) is 4.39 Å². The maximum absolute atomic E-state index is 14.3. The van der Waals surface area contributed by atoms with Crippen LogP contribution in [0, 0.1) is 5.82 Å². The van der Waals surface area contributed by atoms with Crippen LogP contribution in [0.2, 0.25) is 0 Å². The van der Waals surface area contributed by atoms with Gasteiger partial charge in [-0.15, -0.1) is 0 Å². The van der Waals surface area contributed by atoms with Crippen LogP contribution in [0.15, 0.2) is 54.6 Å². The molecular formula is C18H13FO3. The number of benzene rings is 3. The van der Waals surface area contributed by atoms with Gasteiger partial charge in [-0.1, -0.05) is 30.3 Å². The fourth-order valence-corrected chi connectivity index (χ4v) is 2.44. The number of ether oxygens (including phenoxy) is 1. The molecule has 0 unspecified atom stereocenters. The third kappa shape index (κ3) is 2.39. The number of rotatable bonds is 3. The molecule has 0 aliphatic heterocycles. The van der Waals surface area contributed by atoms with Crippen molar-refractivity contribution in [1.29, 1.82) is 0 Å². The standard InChI is InChI=1S/C18H13FO3/c1-22-16-4-2-3-15(17(16)19)13-7-5-12-10-14(18(20)21)8-6-11(12)9-13/h2-10H,1H3,(H,20,21). The lowest BCUT2D eigenvalue weighted by molar-refractivity contribution is 0.0697. The summed E-state index contributed by atoms with van der Waals surface area (Å²) in [6.45, 7) is 0. The van der Waals surface area contributed by atoms with E-state index in [0.717, 1.165) is 10.8 Å². The monoisotopic (exact) mass is 296 g/mol. The van der Waals surface area contributed by atoms with E-state index in [1.54, 1.807) is 42.5 Å². The quantitative estimate of drug-likeness (QED) is 0.781. The number of carboxylic acid groups (broad SMARTS) is 1. The van der Waals surface area contributed by atoms with E-state index in [1.165, 1.54) is 13.2 Å². The van der Waals surface area contributed by atoms with Crippen molar-refractivity contribution >= 4 is 16.7 Å². The molecule has 3 nitrogen and oxygen atoms in total. The van der Waals surface area contributed by atoms with Crippen LogP contribution in [0.5, 0.6) is 5.75 Å². The highest BCUT2D eigenvalue weighted by molar-refractivity contribution is 5.95. The van der Waals surface area contributed by atoms with Crippen molar-refractivity contribution in [3.05, 3.63) is 66.0 Å². The van der Waals surface area contributed by atoms with E-state index < -0.39 is 11.8 Å². The number of aromatic carboxylic acids is 1. The van der Waals surface area contributed by atoms with E-state index in [0.29, 0.717) is 11.1 Å².